The van der Waals surface area contributed by atoms with Crippen LogP contribution < -0.4 is 10.3 Å². The Kier molecular flexibility index (Phi) is 5.92. The molecule has 0 bridgehead atoms. The summed E-state index contributed by atoms with van der Waals surface area (Å²) in [6, 6.07) is 21.4. The van der Waals surface area contributed by atoms with Crippen LogP contribution in [-0.2, 0) is 4.79 Å². The van der Waals surface area contributed by atoms with Crippen LogP contribution in [-0.4, -0.2) is 33.1 Å². The summed E-state index contributed by atoms with van der Waals surface area (Å²) in [4.78, 5) is 29.4. The summed E-state index contributed by atoms with van der Waals surface area (Å²) in [5, 5.41) is 14.9. The van der Waals surface area contributed by atoms with Gasteiger partial charge in [0.05, 0.1) is 17.1 Å². The first-order chi connectivity index (χ1) is 16.9. The maximum absolute atomic E-state index is 13.4. The SMILES string of the molecule is C[C@H](Oc1ccc(Br)cc1C=Nn1c(-c2cc3ccccc3o2)nc2ccccc2c1=O)C(=O)O. The van der Waals surface area contributed by atoms with Crippen LogP contribution in [0.25, 0.3) is 33.5 Å². The largest absolute Gasteiger partial charge is 0.479 e. The number of halogens is 1. The van der Waals surface area contributed by atoms with Crippen molar-refractivity contribution in [3.8, 4) is 17.3 Å². The summed E-state index contributed by atoms with van der Waals surface area (Å²) in [6.07, 6.45) is 0.359. The van der Waals surface area contributed by atoms with Crippen LogP contribution in [0, 0.1) is 0 Å². The van der Waals surface area contributed by atoms with Crippen molar-refractivity contribution < 1.29 is 19.1 Å². The molecule has 2 heterocycles. The van der Waals surface area contributed by atoms with Crippen molar-refractivity contribution in [2.24, 2.45) is 5.10 Å². The number of hydrogen-bond donors (Lipinski definition) is 1. The molecule has 174 valence electrons. The van der Waals surface area contributed by atoms with E-state index in [9.17, 15) is 14.7 Å². The molecule has 3 aromatic carbocycles. The summed E-state index contributed by atoms with van der Waals surface area (Å²) in [5.74, 6) is -0.175. The second-order valence-corrected chi connectivity index (χ2v) is 8.66. The molecule has 1 N–H and O–H groups in total. The Balaban J connectivity index is 1.68. The fourth-order valence-electron chi connectivity index (χ4n) is 3.57. The lowest BCUT2D eigenvalue weighted by atomic mass is 10.2. The molecule has 0 spiro atoms. The minimum atomic E-state index is -1.10. The van der Waals surface area contributed by atoms with Gasteiger partial charge in [0, 0.05) is 15.4 Å². The summed E-state index contributed by atoms with van der Waals surface area (Å²) in [7, 11) is 0. The van der Waals surface area contributed by atoms with E-state index in [0.717, 1.165) is 9.86 Å². The van der Waals surface area contributed by atoms with Gasteiger partial charge in [-0.25, -0.2) is 9.78 Å². The molecule has 0 saturated heterocycles. The third-order valence-electron chi connectivity index (χ3n) is 5.34. The molecule has 35 heavy (non-hydrogen) atoms. The molecule has 0 fully saturated rings. The molecule has 0 unspecified atom stereocenters. The summed E-state index contributed by atoms with van der Waals surface area (Å²) in [5.41, 5.74) is 1.27. The number of aliphatic carboxylic acids is 1. The van der Waals surface area contributed by atoms with E-state index >= 15 is 0 Å². The third kappa shape index (κ3) is 4.45. The van der Waals surface area contributed by atoms with Crippen molar-refractivity contribution in [1.82, 2.24) is 9.66 Å². The zero-order valence-electron chi connectivity index (χ0n) is 18.4. The Morgan fingerprint density at radius 1 is 1.14 bits per heavy atom. The Hall–Kier alpha value is -4.24. The molecular weight excluding hydrogens is 514 g/mol. The fourth-order valence-corrected chi connectivity index (χ4v) is 3.95. The Morgan fingerprint density at radius 2 is 1.91 bits per heavy atom. The number of hydrogen-bond acceptors (Lipinski definition) is 6. The number of fused-ring (bicyclic) bond motifs is 2. The van der Waals surface area contributed by atoms with Crippen LogP contribution in [0.2, 0.25) is 0 Å². The highest BCUT2D eigenvalue weighted by Crippen LogP contribution is 2.27. The number of carboxylic acid groups (broad SMARTS) is 1. The molecule has 2 aromatic heterocycles. The molecule has 0 aliphatic rings. The molecule has 0 radical (unpaired) electrons. The first-order valence-corrected chi connectivity index (χ1v) is 11.4. The van der Waals surface area contributed by atoms with E-state index in [-0.39, 0.29) is 11.4 Å². The van der Waals surface area contributed by atoms with Crippen LogP contribution >= 0.6 is 15.9 Å². The van der Waals surface area contributed by atoms with E-state index in [1.54, 1.807) is 48.5 Å². The van der Waals surface area contributed by atoms with Gasteiger partial charge in [0.2, 0.25) is 5.82 Å². The number of ether oxygens (including phenoxy) is 1. The van der Waals surface area contributed by atoms with Crippen LogP contribution in [0.5, 0.6) is 5.75 Å². The monoisotopic (exact) mass is 531 g/mol. The van der Waals surface area contributed by atoms with Gasteiger partial charge in [-0.2, -0.15) is 9.78 Å². The van der Waals surface area contributed by atoms with Gasteiger partial charge in [-0.3, -0.25) is 4.79 Å². The van der Waals surface area contributed by atoms with Gasteiger partial charge in [0.1, 0.15) is 11.3 Å². The van der Waals surface area contributed by atoms with Crippen LogP contribution in [0.1, 0.15) is 12.5 Å². The number of carboxylic acids is 1. The molecule has 0 amide bonds. The highest BCUT2D eigenvalue weighted by molar-refractivity contribution is 9.10. The normalized spacial score (nSPS) is 12.4. The minimum Gasteiger partial charge on any atom is -0.479 e. The molecule has 1 atom stereocenters. The minimum absolute atomic E-state index is 0.234. The quantitative estimate of drug-likeness (QED) is 0.297. The number of carbonyl (C=O) groups is 1. The number of furan rings is 1. The Morgan fingerprint density at radius 3 is 2.71 bits per heavy atom. The van der Waals surface area contributed by atoms with E-state index in [4.69, 9.17) is 9.15 Å². The lowest BCUT2D eigenvalue weighted by Gasteiger charge is -2.13. The van der Waals surface area contributed by atoms with E-state index in [1.807, 2.05) is 24.3 Å². The van der Waals surface area contributed by atoms with Gasteiger partial charge in [-0.15, -0.1) is 0 Å². The van der Waals surface area contributed by atoms with Crippen LogP contribution in [0.4, 0.5) is 0 Å². The predicted molar refractivity (Wildman–Crippen MR) is 136 cm³/mol. The molecular formula is C26H18BrN3O5. The predicted octanol–water partition coefficient (Wildman–Crippen LogP) is 5.31. The molecule has 0 saturated carbocycles. The Bertz CT molecular complexity index is 1640. The van der Waals surface area contributed by atoms with Crippen LogP contribution in [0.3, 0.4) is 0 Å². The number of benzene rings is 3. The zero-order chi connectivity index (χ0) is 24.5. The number of aromatic nitrogens is 2. The topological polar surface area (TPSA) is 107 Å². The maximum atomic E-state index is 13.4. The molecule has 8 nitrogen and oxygen atoms in total. The van der Waals surface area contributed by atoms with Crippen molar-refractivity contribution >= 4 is 50.0 Å². The van der Waals surface area contributed by atoms with Crippen molar-refractivity contribution in [3.05, 3.63) is 93.2 Å². The van der Waals surface area contributed by atoms with Gasteiger partial charge in [-0.05, 0) is 49.4 Å². The average Bonchev–Trinajstić information content (AvgIpc) is 3.29. The van der Waals surface area contributed by atoms with E-state index in [0.29, 0.717) is 33.6 Å². The zero-order valence-corrected chi connectivity index (χ0v) is 20.0. The average molecular weight is 532 g/mol. The lowest BCUT2D eigenvalue weighted by molar-refractivity contribution is -0.144. The summed E-state index contributed by atoms with van der Waals surface area (Å²) < 4.78 is 13.5. The number of para-hydroxylation sites is 2. The fraction of sp³-hybridized carbons (Fsp3) is 0.0769. The number of nitrogens with zero attached hydrogens (tertiary/aromatic N) is 3. The number of rotatable bonds is 6. The Labute approximate surface area is 207 Å². The van der Waals surface area contributed by atoms with Crippen molar-refractivity contribution in [2.45, 2.75) is 13.0 Å². The van der Waals surface area contributed by atoms with E-state index in [2.05, 4.69) is 26.0 Å². The van der Waals surface area contributed by atoms with Gasteiger partial charge in [-0.1, -0.05) is 46.3 Å². The van der Waals surface area contributed by atoms with Gasteiger partial charge in [0.15, 0.2) is 11.9 Å². The summed E-state index contributed by atoms with van der Waals surface area (Å²) >= 11 is 3.41. The van der Waals surface area contributed by atoms with E-state index in [1.165, 1.54) is 17.8 Å². The lowest BCUT2D eigenvalue weighted by Crippen LogP contribution is -2.23. The van der Waals surface area contributed by atoms with Gasteiger partial charge in [0.25, 0.3) is 5.56 Å². The van der Waals surface area contributed by atoms with Gasteiger partial charge < -0.3 is 14.3 Å². The second-order valence-electron chi connectivity index (χ2n) is 7.74. The standard InChI is InChI=1S/C26H18BrN3O5/c1-15(26(32)33)34-22-11-10-18(27)12-17(22)14-28-30-24(23-13-16-6-2-5-9-21(16)35-23)29-20-8-4-3-7-19(20)25(30)31/h2-15H,1H3,(H,32,33)/t15-/m0/s1. The smallest absolute Gasteiger partial charge is 0.344 e. The highest BCUT2D eigenvalue weighted by Gasteiger charge is 2.17. The molecule has 5 rings (SSSR count). The van der Waals surface area contributed by atoms with Crippen LogP contribution in [0.15, 0.2) is 91.6 Å². The first-order valence-electron chi connectivity index (χ1n) is 10.6. The van der Waals surface area contributed by atoms with Crippen molar-refractivity contribution in [2.75, 3.05) is 0 Å². The van der Waals surface area contributed by atoms with Crippen molar-refractivity contribution in [1.29, 1.82) is 0 Å². The molecule has 0 aliphatic heterocycles. The van der Waals surface area contributed by atoms with Gasteiger partial charge >= 0.3 is 5.97 Å². The highest BCUT2D eigenvalue weighted by atomic mass is 79.9. The third-order valence-corrected chi connectivity index (χ3v) is 5.83. The molecule has 5 aromatic rings. The van der Waals surface area contributed by atoms with Crippen molar-refractivity contribution in [3.63, 3.8) is 0 Å². The summed E-state index contributed by atoms with van der Waals surface area (Å²) in [6.45, 7) is 1.43. The molecule has 0 aliphatic carbocycles. The second kappa shape index (κ2) is 9.19. The maximum Gasteiger partial charge on any atom is 0.344 e. The van der Waals surface area contributed by atoms with E-state index < -0.39 is 12.1 Å². The first kappa shape index (κ1) is 22.5. The molecule has 9 heteroatoms.